The lowest BCUT2D eigenvalue weighted by Crippen LogP contribution is -2.48. The Bertz CT molecular complexity index is 1160. The quantitative estimate of drug-likeness (QED) is 0.617. The van der Waals surface area contributed by atoms with Gasteiger partial charge < -0.3 is 9.80 Å². The Hall–Kier alpha value is -3.74. The third kappa shape index (κ3) is 3.52. The molecule has 2 aliphatic heterocycles. The van der Waals surface area contributed by atoms with Gasteiger partial charge in [0.2, 0.25) is 0 Å². The number of hydrogen-bond donors (Lipinski definition) is 0. The second-order valence-corrected chi connectivity index (χ2v) is 7.89. The summed E-state index contributed by atoms with van der Waals surface area (Å²) in [5.41, 5.74) is 1.82. The Morgan fingerprint density at radius 3 is 2.35 bits per heavy atom. The number of para-hydroxylation sites is 2. The standard InChI is InChI=1S/C24H22N4O3/c29-22-16-27(24(31)28(22)19-7-2-1-3-8-19)18-12-14-26(15-13-18)23(30)21-11-10-17-6-4-5-9-20(17)25-21/h1-11,18H,12-16H2. The van der Waals surface area contributed by atoms with E-state index in [0.29, 0.717) is 37.3 Å². The van der Waals surface area contributed by atoms with Crippen LogP contribution in [0.2, 0.25) is 0 Å². The minimum absolute atomic E-state index is 0.0567. The first-order chi connectivity index (χ1) is 15.1. The first-order valence-electron chi connectivity index (χ1n) is 10.5. The van der Waals surface area contributed by atoms with E-state index in [4.69, 9.17) is 0 Å². The molecule has 0 aliphatic carbocycles. The number of carbonyl (C=O) groups excluding carboxylic acids is 3. The molecule has 4 amide bonds. The highest BCUT2D eigenvalue weighted by atomic mass is 16.2. The Morgan fingerprint density at radius 1 is 0.871 bits per heavy atom. The molecular formula is C24H22N4O3. The highest BCUT2D eigenvalue weighted by Crippen LogP contribution is 2.26. The summed E-state index contributed by atoms with van der Waals surface area (Å²) in [6.45, 7) is 1.14. The lowest BCUT2D eigenvalue weighted by Gasteiger charge is -2.36. The Balaban J connectivity index is 1.25. The van der Waals surface area contributed by atoms with Crippen LogP contribution in [0.1, 0.15) is 23.3 Å². The Morgan fingerprint density at radius 2 is 1.58 bits per heavy atom. The van der Waals surface area contributed by atoms with Crippen molar-refractivity contribution in [3.8, 4) is 0 Å². The number of imide groups is 1. The van der Waals surface area contributed by atoms with Crippen molar-refractivity contribution in [2.24, 2.45) is 0 Å². The van der Waals surface area contributed by atoms with Crippen molar-refractivity contribution in [2.45, 2.75) is 18.9 Å². The zero-order chi connectivity index (χ0) is 21.4. The molecule has 1 aromatic heterocycles. The molecule has 3 aromatic rings. The van der Waals surface area contributed by atoms with E-state index in [-0.39, 0.29) is 30.4 Å². The first kappa shape index (κ1) is 19.2. The van der Waals surface area contributed by atoms with Gasteiger partial charge in [0.05, 0.1) is 11.2 Å². The molecule has 2 aliphatic rings. The lowest BCUT2D eigenvalue weighted by atomic mass is 10.0. The van der Waals surface area contributed by atoms with Crippen molar-refractivity contribution in [1.82, 2.24) is 14.8 Å². The van der Waals surface area contributed by atoms with E-state index in [9.17, 15) is 14.4 Å². The number of piperidine rings is 1. The van der Waals surface area contributed by atoms with Crippen molar-refractivity contribution in [3.63, 3.8) is 0 Å². The molecule has 2 aromatic carbocycles. The predicted octanol–water partition coefficient (Wildman–Crippen LogP) is 3.31. The van der Waals surface area contributed by atoms with E-state index in [2.05, 4.69) is 4.98 Å². The van der Waals surface area contributed by atoms with Crippen LogP contribution < -0.4 is 4.90 Å². The van der Waals surface area contributed by atoms with Gasteiger partial charge in [-0.2, -0.15) is 0 Å². The minimum Gasteiger partial charge on any atom is -0.337 e. The number of amides is 4. The first-order valence-corrected chi connectivity index (χ1v) is 10.5. The molecule has 0 N–H and O–H groups in total. The largest absolute Gasteiger partial charge is 0.337 e. The zero-order valence-corrected chi connectivity index (χ0v) is 17.0. The monoisotopic (exact) mass is 414 g/mol. The Labute approximate surface area is 179 Å². The summed E-state index contributed by atoms with van der Waals surface area (Å²) in [7, 11) is 0. The van der Waals surface area contributed by atoms with Crippen LogP contribution in [0, 0.1) is 0 Å². The van der Waals surface area contributed by atoms with Crippen molar-refractivity contribution >= 4 is 34.4 Å². The van der Waals surface area contributed by atoms with Gasteiger partial charge in [0.1, 0.15) is 12.2 Å². The van der Waals surface area contributed by atoms with Crippen LogP contribution >= 0.6 is 0 Å². The van der Waals surface area contributed by atoms with Crippen molar-refractivity contribution in [3.05, 3.63) is 72.4 Å². The van der Waals surface area contributed by atoms with Gasteiger partial charge in [-0.1, -0.05) is 42.5 Å². The molecule has 0 spiro atoms. The topological polar surface area (TPSA) is 73.8 Å². The number of rotatable bonds is 3. The van der Waals surface area contributed by atoms with Gasteiger partial charge >= 0.3 is 6.03 Å². The number of nitrogens with zero attached hydrogens (tertiary/aromatic N) is 4. The summed E-state index contributed by atoms with van der Waals surface area (Å²) in [4.78, 5) is 47.5. The van der Waals surface area contributed by atoms with Gasteiger partial charge in [0.15, 0.2) is 0 Å². The fraction of sp³-hybridized carbons (Fsp3) is 0.250. The van der Waals surface area contributed by atoms with Gasteiger partial charge in [-0.3, -0.25) is 9.59 Å². The smallest absolute Gasteiger partial charge is 0.332 e. The van der Waals surface area contributed by atoms with Crippen molar-refractivity contribution in [1.29, 1.82) is 0 Å². The van der Waals surface area contributed by atoms with Crippen molar-refractivity contribution in [2.75, 3.05) is 24.5 Å². The van der Waals surface area contributed by atoms with Crippen LogP contribution in [-0.4, -0.2) is 58.3 Å². The molecule has 0 unspecified atom stereocenters. The number of anilines is 1. The van der Waals surface area contributed by atoms with Crippen LogP contribution in [0.15, 0.2) is 66.7 Å². The molecule has 0 radical (unpaired) electrons. The number of benzene rings is 2. The van der Waals surface area contributed by atoms with E-state index in [0.717, 1.165) is 10.9 Å². The molecule has 2 fully saturated rings. The summed E-state index contributed by atoms with van der Waals surface area (Å²) in [6.07, 6.45) is 1.28. The van der Waals surface area contributed by atoms with Crippen LogP contribution in [0.3, 0.4) is 0 Å². The van der Waals surface area contributed by atoms with E-state index in [1.807, 2.05) is 48.5 Å². The van der Waals surface area contributed by atoms with E-state index < -0.39 is 0 Å². The SMILES string of the molecule is O=C(c1ccc2ccccc2n1)N1CCC(N2CC(=O)N(c3ccccc3)C2=O)CC1. The van der Waals surface area contributed by atoms with E-state index in [1.54, 1.807) is 28.0 Å². The average Bonchev–Trinajstić information content (AvgIpc) is 3.12. The second kappa shape index (κ2) is 7.83. The molecule has 2 saturated heterocycles. The minimum atomic E-state index is -0.280. The van der Waals surface area contributed by atoms with Crippen LogP contribution in [-0.2, 0) is 4.79 Å². The number of carbonyl (C=O) groups is 3. The molecule has 3 heterocycles. The summed E-state index contributed by atoms with van der Waals surface area (Å²) in [6, 6.07) is 20.0. The van der Waals surface area contributed by atoms with Gasteiger partial charge in [-0.05, 0) is 37.1 Å². The molecule has 31 heavy (non-hydrogen) atoms. The Kier molecular flexibility index (Phi) is 4.86. The van der Waals surface area contributed by atoms with Gasteiger partial charge in [0, 0.05) is 24.5 Å². The average molecular weight is 414 g/mol. The normalized spacial score (nSPS) is 17.6. The molecule has 7 heteroatoms. The maximum absolute atomic E-state index is 12.9. The van der Waals surface area contributed by atoms with Gasteiger partial charge in [0.25, 0.3) is 11.8 Å². The second-order valence-electron chi connectivity index (χ2n) is 7.89. The predicted molar refractivity (Wildman–Crippen MR) is 117 cm³/mol. The molecule has 156 valence electrons. The summed E-state index contributed by atoms with van der Waals surface area (Å²) in [5.74, 6) is -0.311. The summed E-state index contributed by atoms with van der Waals surface area (Å²) in [5, 5.41) is 0.998. The van der Waals surface area contributed by atoms with Crippen LogP contribution in [0.5, 0.6) is 0 Å². The van der Waals surface area contributed by atoms with Crippen molar-refractivity contribution < 1.29 is 14.4 Å². The highest BCUT2D eigenvalue weighted by Gasteiger charge is 2.41. The van der Waals surface area contributed by atoms with E-state index >= 15 is 0 Å². The summed E-state index contributed by atoms with van der Waals surface area (Å²) < 4.78 is 0. The number of urea groups is 1. The number of hydrogen-bond acceptors (Lipinski definition) is 4. The number of fused-ring (bicyclic) bond motifs is 1. The maximum atomic E-state index is 12.9. The number of likely N-dealkylation sites (tertiary alicyclic amines) is 1. The lowest BCUT2D eigenvalue weighted by molar-refractivity contribution is -0.116. The molecule has 0 bridgehead atoms. The van der Waals surface area contributed by atoms with Crippen LogP contribution in [0.25, 0.3) is 10.9 Å². The van der Waals surface area contributed by atoms with Crippen LogP contribution in [0.4, 0.5) is 10.5 Å². The van der Waals surface area contributed by atoms with E-state index in [1.165, 1.54) is 4.90 Å². The molecule has 0 saturated carbocycles. The number of pyridine rings is 1. The fourth-order valence-electron chi connectivity index (χ4n) is 4.36. The molecule has 5 rings (SSSR count). The number of aromatic nitrogens is 1. The fourth-order valence-corrected chi connectivity index (χ4v) is 4.36. The third-order valence-electron chi connectivity index (χ3n) is 6.02. The highest BCUT2D eigenvalue weighted by molar-refractivity contribution is 6.19. The van der Waals surface area contributed by atoms with Gasteiger partial charge in [-0.15, -0.1) is 0 Å². The maximum Gasteiger partial charge on any atom is 0.332 e. The molecule has 0 atom stereocenters. The third-order valence-corrected chi connectivity index (χ3v) is 6.02. The molecular weight excluding hydrogens is 392 g/mol. The van der Waals surface area contributed by atoms with Gasteiger partial charge in [-0.25, -0.2) is 14.7 Å². The molecule has 7 nitrogen and oxygen atoms in total. The summed E-state index contributed by atoms with van der Waals surface area (Å²) >= 11 is 0. The zero-order valence-electron chi connectivity index (χ0n) is 17.0.